The minimum atomic E-state index is 0.534. The van der Waals surface area contributed by atoms with E-state index in [2.05, 4.69) is 176 Å². The molecule has 1 aromatic heterocycles. The summed E-state index contributed by atoms with van der Waals surface area (Å²) in [5.41, 5.74) is 13.6. The molecule has 0 atom stereocenters. The van der Waals surface area contributed by atoms with E-state index < -0.39 is 0 Å². The number of para-hydroxylation sites is 1. The van der Waals surface area contributed by atoms with Crippen LogP contribution in [0.2, 0.25) is 0 Å². The Labute approximate surface area is 320 Å². The minimum Gasteiger partial charge on any atom is -0.455 e. The number of fused-ring (bicyclic) bond motifs is 6. The van der Waals surface area contributed by atoms with Crippen molar-refractivity contribution in [3.8, 4) is 55.6 Å². The average molecular weight is 700 g/mol. The maximum Gasteiger partial charge on any atom is 0.143 e. The molecule has 0 aliphatic heterocycles. The van der Waals surface area contributed by atoms with Gasteiger partial charge in [-0.1, -0.05) is 182 Å². The number of hydrogen-bond donors (Lipinski definition) is 0. The normalized spacial score (nSPS) is 11.9. The molecule has 256 valence electrons. The van der Waals surface area contributed by atoms with E-state index in [9.17, 15) is 0 Å². The SMILES string of the molecule is [2H]c1ccc2cc(-c3ccc(-c4c5ccccc5c(-c5ccc(-c6cc(-c7ccccc7)c7oc8ccccc8c7c6)cc5)c5ccccc45)cc3)ccc2c1. The van der Waals surface area contributed by atoms with Gasteiger partial charge >= 0.3 is 0 Å². The van der Waals surface area contributed by atoms with E-state index >= 15 is 0 Å². The summed E-state index contributed by atoms with van der Waals surface area (Å²) in [5, 5.41) is 9.43. The largest absolute Gasteiger partial charge is 0.455 e. The monoisotopic (exact) mass is 699 g/mol. The van der Waals surface area contributed by atoms with Gasteiger partial charge in [0.05, 0.1) is 1.37 Å². The highest BCUT2D eigenvalue weighted by atomic mass is 16.3. The third-order valence-corrected chi connectivity index (χ3v) is 11.2. The van der Waals surface area contributed by atoms with Crippen molar-refractivity contribution >= 4 is 54.3 Å². The third-order valence-electron chi connectivity index (χ3n) is 11.2. The first-order valence-corrected chi connectivity index (χ1v) is 18.8. The predicted octanol–water partition coefficient (Wildman–Crippen LogP) is 15.4. The van der Waals surface area contributed by atoms with Crippen LogP contribution in [0.1, 0.15) is 1.37 Å². The first-order chi connectivity index (χ1) is 27.7. The molecule has 0 saturated heterocycles. The number of rotatable bonds is 5. The van der Waals surface area contributed by atoms with Gasteiger partial charge in [-0.25, -0.2) is 0 Å². The van der Waals surface area contributed by atoms with Crippen LogP contribution < -0.4 is 0 Å². The van der Waals surface area contributed by atoms with E-state index in [1.165, 1.54) is 54.9 Å². The number of hydrogen-bond acceptors (Lipinski definition) is 1. The molecule has 0 aliphatic rings. The van der Waals surface area contributed by atoms with Crippen molar-refractivity contribution < 1.29 is 5.79 Å². The van der Waals surface area contributed by atoms with Gasteiger partial charge in [0.2, 0.25) is 0 Å². The Kier molecular flexibility index (Phi) is 7.00. The lowest BCUT2D eigenvalue weighted by Gasteiger charge is -2.18. The van der Waals surface area contributed by atoms with Crippen molar-refractivity contribution in [2.45, 2.75) is 0 Å². The van der Waals surface area contributed by atoms with Crippen molar-refractivity contribution in [1.82, 2.24) is 0 Å². The molecule has 1 heteroatoms. The van der Waals surface area contributed by atoms with Crippen LogP contribution in [-0.2, 0) is 0 Å². The van der Waals surface area contributed by atoms with Crippen LogP contribution >= 0.6 is 0 Å². The molecule has 10 aromatic carbocycles. The molecule has 0 bridgehead atoms. The Hall–Kier alpha value is -7.22. The summed E-state index contributed by atoms with van der Waals surface area (Å²) in [4.78, 5) is 0. The van der Waals surface area contributed by atoms with Gasteiger partial charge < -0.3 is 4.42 Å². The smallest absolute Gasteiger partial charge is 0.143 e. The van der Waals surface area contributed by atoms with E-state index in [1.807, 2.05) is 24.3 Å². The molecule has 0 aliphatic carbocycles. The Morgan fingerprint density at radius 3 is 1.47 bits per heavy atom. The Balaban J connectivity index is 1.02. The van der Waals surface area contributed by atoms with Gasteiger partial charge in [-0.05, 0) is 107 Å². The van der Waals surface area contributed by atoms with Gasteiger partial charge in [0, 0.05) is 16.3 Å². The molecular weight excluding hydrogens is 665 g/mol. The van der Waals surface area contributed by atoms with Gasteiger partial charge in [-0.15, -0.1) is 0 Å². The lowest BCUT2D eigenvalue weighted by molar-refractivity contribution is 0.670. The van der Waals surface area contributed by atoms with Gasteiger partial charge in [0.1, 0.15) is 11.2 Å². The fourth-order valence-corrected chi connectivity index (χ4v) is 8.54. The zero-order chi connectivity index (χ0) is 37.2. The summed E-state index contributed by atoms with van der Waals surface area (Å²) in [5.74, 6) is 0. The Morgan fingerprint density at radius 1 is 0.309 bits per heavy atom. The minimum absolute atomic E-state index is 0.534. The van der Waals surface area contributed by atoms with E-state index in [0.29, 0.717) is 6.04 Å². The molecule has 0 saturated carbocycles. The fourth-order valence-electron chi connectivity index (χ4n) is 8.54. The second kappa shape index (κ2) is 12.7. The van der Waals surface area contributed by atoms with Crippen LogP contribution in [0.3, 0.4) is 0 Å². The van der Waals surface area contributed by atoms with E-state index in [1.54, 1.807) is 0 Å². The molecule has 55 heavy (non-hydrogen) atoms. The Bertz CT molecular complexity index is 3230. The summed E-state index contributed by atoms with van der Waals surface area (Å²) in [6, 6.07) is 72.0. The van der Waals surface area contributed by atoms with Gasteiger partial charge in [-0.2, -0.15) is 0 Å². The Morgan fingerprint density at radius 2 is 0.836 bits per heavy atom. The van der Waals surface area contributed by atoms with Crippen LogP contribution in [0, 0.1) is 0 Å². The molecule has 0 fully saturated rings. The molecule has 0 amide bonds. The molecule has 1 heterocycles. The predicted molar refractivity (Wildman–Crippen MR) is 233 cm³/mol. The van der Waals surface area contributed by atoms with Gasteiger partial charge in [-0.3, -0.25) is 0 Å². The van der Waals surface area contributed by atoms with E-state index in [-0.39, 0.29) is 0 Å². The highest BCUT2D eigenvalue weighted by molar-refractivity contribution is 6.21. The third kappa shape index (κ3) is 5.24. The lowest BCUT2D eigenvalue weighted by Crippen LogP contribution is -1.91. The lowest BCUT2D eigenvalue weighted by atomic mass is 9.85. The molecule has 0 N–H and O–H groups in total. The van der Waals surface area contributed by atoms with Gasteiger partial charge in [0.25, 0.3) is 0 Å². The molecular formula is C54H34O. The summed E-state index contributed by atoms with van der Waals surface area (Å²) in [6.07, 6.45) is 0. The highest BCUT2D eigenvalue weighted by Crippen LogP contribution is 2.45. The van der Waals surface area contributed by atoms with E-state index in [4.69, 9.17) is 5.79 Å². The van der Waals surface area contributed by atoms with Crippen molar-refractivity contribution in [2.24, 2.45) is 0 Å². The maximum absolute atomic E-state index is 7.98. The van der Waals surface area contributed by atoms with Crippen molar-refractivity contribution in [1.29, 1.82) is 0 Å². The van der Waals surface area contributed by atoms with Crippen LogP contribution in [0.5, 0.6) is 0 Å². The van der Waals surface area contributed by atoms with Crippen LogP contribution in [-0.4, -0.2) is 0 Å². The standard InChI is InChI=1S/C54H34O/c1-2-13-38(14-3-1)49-33-43(34-50-44-16-10-11-21-51(44)55-54(49)50)37-24-29-40(30-25-37)53-47-19-8-6-17-45(47)52(46-18-7-9-20-48(46)53)39-27-22-36(23-28-39)42-31-26-35-12-4-5-15-41(35)32-42/h1-34H/i4D. The second-order valence-corrected chi connectivity index (χ2v) is 14.3. The number of benzene rings is 10. The zero-order valence-electron chi connectivity index (χ0n) is 31.0. The molecule has 11 rings (SSSR count). The highest BCUT2D eigenvalue weighted by Gasteiger charge is 2.18. The van der Waals surface area contributed by atoms with E-state index in [0.717, 1.165) is 55.0 Å². The summed E-state index contributed by atoms with van der Waals surface area (Å²) in [6.45, 7) is 0. The summed E-state index contributed by atoms with van der Waals surface area (Å²) in [7, 11) is 0. The number of furan rings is 1. The quantitative estimate of drug-likeness (QED) is 0.163. The zero-order valence-corrected chi connectivity index (χ0v) is 30.0. The second-order valence-electron chi connectivity index (χ2n) is 14.3. The molecule has 0 unspecified atom stereocenters. The molecule has 0 spiro atoms. The summed E-state index contributed by atoms with van der Waals surface area (Å²) < 4.78 is 14.5. The fraction of sp³-hybridized carbons (Fsp3) is 0. The maximum atomic E-state index is 7.98. The molecule has 11 aromatic rings. The van der Waals surface area contributed by atoms with Crippen LogP contribution in [0.4, 0.5) is 0 Å². The first-order valence-electron chi connectivity index (χ1n) is 19.3. The van der Waals surface area contributed by atoms with Crippen LogP contribution in [0.25, 0.3) is 110 Å². The van der Waals surface area contributed by atoms with Crippen molar-refractivity contribution in [3.05, 3.63) is 206 Å². The average Bonchev–Trinajstić information content (AvgIpc) is 3.64. The molecule has 1 nitrogen and oxygen atoms in total. The van der Waals surface area contributed by atoms with Gasteiger partial charge in [0.15, 0.2) is 0 Å². The molecule has 0 radical (unpaired) electrons. The van der Waals surface area contributed by atoms with Crippen LogP contribution in [0.15, 0.2) is 211 Å². The van der Waals surface area contributed by atoms with Crippen molar-refractivity contribution in [2.75, 3.05) is 0 Å². The first kappa shape index (κ1) is 30.3. The topological polar surface area (TPSA) is 13.1 Å². The summed E-state index contributed by atoms with van der Waals surface area (Å²) >= 11 is 0. The van der Waals surface area contributed by atoms with Crippen molar-refractivity contribution in [3.63, 3.8) is 0 Å².